The van der Waals surface area contributed by atoms with Gasteiger partial charge in [-0.05, 0) is 47.2 Å². The third-order valence-electron chi connectivity index (χ3n) is 4.90. The molecule has 1 heterocycles. The highest BCUT2D eigenvalue weighted by Gasteiger charge is 2.36. The molecule has 0 saturated heterocycles. The number of phenols is 1. The van der Waals surface area contributed by atoms with Crippen LogP contribution in [0.1, 0.15) is 43.9 Å². The van der Waals surface area contributed by atoms with Gasteiger partial charge in [0.1, 0.15) is 5.75 Å². The fraction of sp³-hybridized carbons (Fsp3) is 0.409. The van der Waals surface area contributed by atoms with Gasteiger partial charge in [-0.2, -0.15) is 13.2 Å². The average molecular weight is 441 g/mol. The van der Waals surface area contributed by atoms with E-state index >= 15 is 0 Å². The second kappa shape index (κ2) is 8.02. The summed E-state index contributed by atoms with van der Waals surface area (Å²) in [6.45, 7) is 6.38. The number of amides is 1. The molecule has 0 bridgehead atoms. The Morgan fingerprint density at radius 3 is 2.50 bits per heavy atom. The van der Waals surface area contributed by atoms with Crippen molar-refractivity contribution in [3.63, 3.8) is 0 Å². The quantitative estimate of drug-likeness (QED) is 0.615. The largest absolute Gasteiger partial charge is 0.508 e. The van der Waals surface area contributed by atoms with E-state index in [-0.39, 0.29) is 22.6 Å². The topological polar surface area (TPSA) is 52.6 Å². The lowest BCUT2D eigenvalue weighted by atomic mass is 9.92. The number of hydrogen-bond donors (Lipinski definition) is 2. The van der Waals surface area contributed by atoms with Gasteiger partial charge in [-0.25, -0.2) is 0 Å². The molecule has 0 radical (unpaired) electrons. The van der Waals surface area contributed by atoms with Gasteiger partial charge in [-0.3, -0.25) is 4.79 Å². The number of phenolic OH excluding ortho intramolecular Hbond substituents is 1. The molecule has 2 N–H and O–H groups in total. The molecule has 1 aliphatic heterocycles. The highest BCUT2D eigenvalue weighted by Crippen LogP contribution is 2.42. The third kappa shape index (κ3) is 5.19. The van der Waals surface area contributed by atoms with Gasteiger partial charge in [0.15, 0.2) is 0 Å². The van der Waals surface area contributed by atoms with Crippen LogP contribution in [0.2, 0.25) is 5.02 Å². The van der Waals surface area contributed by atoms with E-state index < -0.39 is 23.3 Å². The normalized spacial score (nSPS) is 14.4. The molecule has 162 valence electrons. The number of aromatic hydroxyl groups is 1. The number of anilines is 2. The summed E-state index contributed by atoms with van der Waals surface area (Å²) in [5, 5.41) is 11.8. The Labute approximate surface area is 178 Å². The number of carbonyl (C=O) groups excluding carboxylic acids is 1. The minimum atomic E-state index is -4.68. The van der Waals surface area contributed by atoms with Gasteiger partial charge in [0.05, 0.1) is 16.3 Å². The van der Waals surface area contributed by atoms with E-state index in [2.05, 4.69) is 5.32 Å². The van der Waals surface area contributed by atoms with E-state index in [1.165, 1.54) is 6.07 Å². The first-order valence-corrected chi connectivity index (χ1v) is 9.97. The Hall–Kier alpha value is -2.41. The fourth-order valence-corrected chi connectivity index (χ4v) is 3.81. The number of nitrogens with one attached hydrogen (secondary N) is 1. The van der Waals surface area contributed by atoms with Gasteiger partial charge in [-0.15, -0.1) is 0 Å². The first-order valence-electron chi connectivity index (χ1n) is 9.60. The zero-order valence-corrected chi connectivity index (χ0v) is 17.8. The molecule has 2 aromatic carbocycles. The van der Waals surface area contributed by atoms with Crippen LogP contribution < -0.4 is 10.2 Å². The lowest BCUT2D eigenvalue weighted by Gasteiger charge is -2.32. The Kier molecular flexibility index (Phi) is 5.96. The van der Waals surface area contributed by atoms with Crippen LogP contribution in [0.4, 0.5) is 24.5 Å². The number of benzene rings is 2. The number of rotatable bonds is 3. The van der Waals surface area contributed by atoms with Crippen molar-refractivity contribution in [2.24, 2.45) is 5.41 Å². The van der Waals surface area contributed by atoms with Crippen LogP contribution >= 0.6 is 11.6 Å². The van der Waals surface area contributed by atoms with Crippen molar-refractivity contribution in [2.75, 3.05) is 16.8 Å². The number of carbonyl (C=O) groups is 1. The molecule has 0 atom stereocenters. The molecule has 3 rings (SSSR count). The first-order chi connectivity index (χ1) is 13.8. The maximum atomic E-state index is 13.8. The molecule has 1 aliphatic rings. The van der Waals surface area contributed by atoms with Crippen molar-refractivity contribution >= 4 is 28.9 Å². The van der Waals surface area contributed by atoms with Gasteiger partial charge in [-0.1, -0.05) is 38.4 Å². The number of halogens is 4. The molecule has 8 heteroatoms. The van der Waals surface area contributed by atoms with Gasteiger partial charge in [0.25, 0.3) is 0 Å². The molecule has 0 spiro atoms. The fourth-order valence-electron chi connectivity index (χ4n) is 3.55. The summed E-state index contributed by atoms with van der Waals surface area (Å²) in [6, 6.07) is 7.49. The second-order valence-corrected chi connectivity index (χ2v) is 9.17. The zero-order valence-electron chi connectivity index (χ0n) is 17.0. The average Bonchev–Trinajstić information content (AvgIpc) is 2.60. The predicted octanol–water partition coefficient (Wildman–Crippen LogP) is 6.00. The van der Waals surface area contributed by atoms with Crippen molar-refractivity contribution in [2.45, 2.75) is 46.3 Å². The molecular weight excluding hydrogens is 417 g/mol. The summed E-state index contributed by atoms with van der Waals surface area (Å²) in [5.41, 5.74) is 0.490. The van der Waals surface area contributed by atoms with Crippen LogP contribution in [-0.2, 0) is 23.9 Å². The summed E-state index contributed by atoms with van der Waals surface area (Å²) in [7, 11) is 0. The molecule has 1 amide bonds. The minimum absolute atomic E-state index is 0.0676. The smallest absolute Gasteiger partial charge is 0.418 e. The molecule has 0 aromatic heterocycles. The number of fused-ring (bicyclic) bond motifs is 1. The monoisotopic (exact) mass is 440 g/mol. The van der Waals surface area contributed by atoms with Gasteiger partial charge in [0, 0.05) is 25.2 Å². The van der Waals surface area contributed by atoms with Crippen LogP contribution in [0, 0.1) is 5.41 Å². The van der Waals surface area contributed by atoms with Crippen LogP contribution in [0.15, 0.2) is 30.3 Å². The Bertz CT molecular complexity index is 968. The Morgan fingerprint density at radius 1 is 1.17 bits per heavy atom. The first kappa shape index (κ1) is 22.3. The summed E-state index contributed by atoms with van der Waals surface area (Å²) in [5.74, 6) is -0.352. The van der Waals surface area contributed by atoms with Gasteiger partial charge in [0.2, 0.25) is 5.91 Å². The van der Waals surface area contributed by atoms with Crippen LogP contribution in [0.25, 0.3) is 0 Å². The molecule has 2 aromatic rings. The summed E-state index contributed by atoms with van der Waals surface area (Å²) in [4.78, 5) is 14.0. The summed E-state index contributed by atoms with van der Waals surface area (Å²) >= 11 is 6.22. The van der Waals surface area contributed by atoms with E-state index in [1.54, 1.807) is 23.1 Å². The maximum absolute atomic E-state index is 13.8. The number of alkyl halides is 3. The van der Waals surface area contributed by atoms with Crippen LogP contribution in [0.5, 0.6) is 5.75 Å². The summed E-state index contributed by atoms with van der Waals surface area (Å²) in [6.07, 6.45) is -4.02. The molecule has 0 aliphatic carbocycles. The highest BCUT2D eigenvalue weighted by atomic mass is 35.5. The molecule has 30 heavy (non-hydrogen) atoms. The predicted molar refractivity (Wildman–Crippen MR) is 112 cm³/mol. The van der Waals surface area contributed by atoms with E-state index in [0.717, 1.165) is 17.2 Å². The second-order valence-electron chi connectivity index (χ2n) is 8.76. The minimum Gasteiger partial charge on any atom is -0.508 e. The standard InChI is InChI=1S/C22H24ClF3N2O2/c1-21(2,3)11-19(30)27-20-17(22(24,25)26)9-15(10-18(20)23)28-7-6-13-8-16(29)5-4-14(13)12-28/h4-5,8-10,29H,6-7,11-12H2,1-3H3,(H,27,30). The lowest BCUT2D eigenvalue weighted by molar-refractivity contribution is -0.136. The number of nitrogens with zero attached hydrogens (tertiary/aromatic N) is 1. The van der Waals surface area contributed by atoms with Crippen molar-refractivity contribution in [3.8, 4) is 5.75 Å². The molecule has 0 unspecified atom stereocenters. The van der Waals surface area contributed by atoms with Crippen LogP contribution in [-0.4, -0.2) is 17.6 Å². The van der Waals surface area contributed by atoms with Crippen molar-refractivity contribution in [3.05, 3.63) is 52.0 Å². The van der Waals surface area contributed by atoms with Crippen molar-refractivity contribution in [1.29, 1.82) is 0 Å². The van der Waals surface area contributed by atoms with E-state index in [9.17, 15) is 23.1 Å². The molecule has 0 saturated carbocycles. The van der Waals surface area contributed by atoms with E-state index in [0.29, 0.717) is 25.2 Å². The SMILES string of the molecule is CC(C)(C)CC(=O)Nc1c(Cl)cc(N2CCc3cc(O)ccc3C2)cc1C(F)(F)F. The number of hydrogen-bond acceptors (Lipinski definition) is 3. The maximum Gasteiger partial charge on any atom is 0.418 e. The molecule has 0 fully saturated rings. The Balaban J connectivity index is 1.93. The summed E-state index contributed by atoms with van der Waals surface area (Å²) < 4.78 is 41.4. The lowest BCUT2D eigenvalue weighted by Crippen LogP contribution is -2.30. The zero-order chi connectivity index (χ0) is 22.3. The Morgan fingerprint density at radius 2 is 1.87 bits per heavy atom. The van der Waals surface area contributed by atoms with Gasteiger partial charge >= 0.3 is 6.18 Å². The van der Waals surface area contributed by atoms with Gasteiger partial charge < -0.3 is 15.3 Å². The van der Waals surface area contributed by atoms with Crippen molar-refractivity contribution in [1.82, 2.24) is 0 Å². The molecule has 4 nitrogen and oxygen atoms in total. The van der Waals surface area contributed by atoms with Crippen molar-refractivity contribution < 1.29 is 23.1 Å². The third-order valence-corrected chi connectivity index (χ3v) is 5.20. The highest BCUT2D eigenvalue weighted by molar-refractivity contribution is 6.34. The molecular formula is C22H24ClF3N2O2. The van der Waals surface area contributed by atoms with E-state index in [1.807, 2.05) is 20.8 Å². The van der Waals surface area contributed by atoms with E-state index in [4.69, 9.17) is 11.6 Å². The van der Waals surface area contributed by atoms with Crippen LogP contribution in [0.3, 0.4) is 0 Å².